The van der Waals surface area contributed by atoms with Crippen LogP contribution in [0, 0.1) is 17.8 Å². The van der Waals surface area contributed by atoms with Gasteiger partial charge in [-0.3, -0.25) is 4.79 Å². The molecule has 3 aliphatic rings. The largest absolute Gasteiger partial charge is 0.381 e. The first-order valence-electron chi connectivity index (χ1n) is 8.75. The molecule has 3 N–H and O–H groups in total. The molecule has 7 heteroatoms. The van der Waals surface area contributed by atoms with Crippen molar-refractivity contribution in [1.29, 1.82) is 0 Å². The number of allylic oxidation sites excluding steroid dienone is 5. The maximum atomic E-state index is 14.8. The lowest BCUT2D eigenvalue weighted by Crippen LogP contribution is -2.27. The van der Waals surface area contributed by atoms with Crippen LogP contribution in [0.1, 0.15) is 42.1 Å². The van der Waals surface area contributed by atoms with Crippen LogP contribution in [-0.4, -0.2) is 39.9 Å². The van der Waals surface area contributed by atoms with Gasteiger partial charge in [-0.2, -0.15) is 0 Å². The van der Waals surface area contributed by atoms with E-state index in [1.165, 1.54) is 14.0 Å². The molecule has 1 aromatic heterocycles. The van der Waals surface area contributed by atoms with Crippen LogP contribution >= 0.6 is 0 Å². The molecule has 140 valence electrons. The zero-order chi connectivity index (χ0) is 19.3. The highest BCUT2D eigenvalue weighted by molar-refractivity contribution is 5.91. The van der Waals surface area contributed by atoms with Crippen molar-refractivity contribution in [2.45, 2.75) is 31.4 Å². The summed E-state index contributed by atoms with van der Waals surface area (Å²) in [6, 6.07) is -0.0832. The fourth-order valence-electron chi connectivity index (χ4n) is 4.06. The molecule has 1 amide bonds. The standard InChI is InChI=1S/C20H20FN3O3/c1-20(26,10-27-2)4-3-12-8-17-23-15(19(22)25)9-24(17)16-7-11-5-13(16)18(12)14(21)6-11/h6,8-9,11,16,26H,5,7,10H2,1-2H3,(H2,22,25)/t11?,16-,20?/m1/s1. The summed E-state index contributed by atoms with van der Waals surface area (Å²) in [5, 5.41) is 10.3. The number of nitrogens with two attached hydrogens (primary N) is 1. The Bertz CT molecular complexity index is 988. The van der Waals surface area contributed by atoms with Crippen molar-refractivity contribution < 1.29 is 19.0 Å². The average Bonchev–Trinajstić information content (AvgIpc) is 3.12. The van der Waals surface area contributed by atoms with Crippen LogP contribution in [0.4, 0.5) is 4.39 Å². The van der Waals surface area contributed by atoms with Crippen LogP contribution in [0.25, 0.3) is 6.08 Å². The Morgan fingerprint density at radius 1 is 1.59 bits per heavy atom. The summed E-state index contributed by atoms with van der Waals surface area (Å²) < 4.78 is 21.7. The molecule has 0 radical (unpaired) electrons. The third-order valence-electron chi connectivity index (χ3n) is 5.14. The van der Waals surface area contributed by atoms with Gasteiger partial charge in [-0.25, -0.2) is 9.37 Å². The monoisotopic (exact) mass is 369 g/mol. The Balaban J connectivity index is 1.88. The minimum Gasteiger partial charge on any atom is -0.381 e. The molecule has 27 heavy (non-hydrogen) atoms. The highest BCUT2D eigenvalue weighted by Crippen LogP contribution is 2.51. The predicted molar refractivity (Wildman–Crippen MR) is 97.0 cm³/mol. The van der Waals surface area contributed by atoms with E-state index < -0.39 is 11.5 Å². The Hall–Kier alpha value is -2.69. The number of nitrogens with zero attached hydrogens (tertiary/aromatic N) is 2. The molecule has 6 nitrogen and oxygen atoms in total. The molecule has 2 heterocycles. The lowest BCUT2D eigenvalue weighted by molar-refractivity contribution is 0.0274. The molecule has 1 aromatic rings. The molecule has 2 aliphatic carbocycles. The summed E-state index contributed by atoms with van der Waals surface area (Å²) in [7, 11) is 1.47. The molecule has 2 unspecified atom stereocenters. The molecule has 1 saturated carbocycles. The van der Waals surface area contributed by atoms with E-state index >= 15 is 0 Å². The summed E-state index contributed by atoms with van der Waals surface area (Å²) in [5.41, 5.74) is 6.03. The normalized spacial score (nSPS) is 24.9. The minimum absolute atomic E-state index is 0.0304. The number of imidazole rings is 1. The van der Waals surface area contributed by atoms with Gasteiger partial charge in [-0.05, 0) is 43.4 Å². The number of hydrogen-bond acceptors (Lipinski definition) is 4. The second-order valence-corrected chi connectivity index (χ2v) is 7.40. The molecular weight excluding hydrogens is 349 g/mol. The van der Waals surface area contributed by atoms with E-state index in [4.69, 9.17) is 10.5 Å². The third-order valence-corrected chi connectivity index (χ3v) is 5.14. The summed E-state index contributed by atoms with van der Waals surface area (Å²) in [6.07, 6.45) is 6.39. The number of hydrogen-bond donors (Lipinski definition) is 2. The highest BCUT2D eigenvalue weighted by atomic mass is 19.1. The number of methoxy groups -OCH3 is 1. The lowest BCUT2D eigenvalue weighted by atomic mass is 9.91. The van der Waals surface area contributed by atoms with Crippen LogP contribution in [0.15, 0.2) is 34.8 Å². The molecule has 2 bridgehead atoms. The van der Waals surface area contributed by atoms with E-state index in [0.717, 1.165) is 18.4 Å². The number of halogens is 1. The van der Waals surface area contributed by atoms with Gasteiger partial charge in [0.05, 0.1) is 12.6 Å². The number of fused-ring (bicyclic) bond motifs is 3. The lowest BCUT2D eigenvalue weighted by Gasteiger charge is -2.17. The first-order valence-corrected chi connectivity index (χ1v) is 8.75. The van der Waals surface area contributed by atoms with Gasteiger partial charge in [0, 0.05) is 24.5 Å². The van der Waals surface area contributed by atoms with Gasteiger partial charge >= 0.3 is 0 Å². The van der Waals surface area contributed by atoms with E-state index in [1.807, 2.05) is 4.57 Å². The van der Waals surface area contributed by atoms with Gasteiger partial charge in [0.2, 0.25) is 0 Å². The van der Waals surface area contributed by atoms with Crippen molar-refractivity contribution in [1.82, 2.24) is 9.55 Å². The number of aliphatic hydroxyl groups is 1. The maximum absolute atomic E-state index is 14.8. The predicted octanol–water partition coefficient (Wildman–Crippen LogP) is 1.89. The first-order chi connectivity index (χ1) is 12.8. The fraction of sp³-hybridized carbons (Fsp3) is 0.400. The molecule has 1 fully saturated rings. The number of rotatable bonds is 3. The van der Waals surface area contributed by atoms with E-state index in [9.17, 15) is 14.3 Å². The van der Waals surface area contributed by atoms with Gasteiger partial charge in [-0.15, -0.1) is 0 Å². The smallest absolute Gasteiger partial charge is 0.268 e. The van der Waals surface area contributed by atoms with Crippen LogP contribution in [0.3, 0.4) is 0 Å². The van der Waals surface area contributed by atoms with Gasteiger partial charge in [0.25, 0.3) is 5.91 Å². The van der Waals surface area contributed by atoms with Crippen molar-refractivity contribution in [3.05, 3.63) is 46.3 Å². The molecule has 3 atom stereocenters. The van der Waals surface area contributed by atoms with Crippen molar-refractivity contribution in [2.75, 3.05) is 13.7 Å². The molecule has 4 rings (SSSR count). The quantitative estimate of drug-likeness (QED) is 0.796. The summed E-state index contributed by atoms with van der Waals surface area (Å²) in [4.78, 5) is 15.9. The van der Waals surface area contributed by atoms with Crippen LogP contribution in [0.5, 0.6) is 0 Å². The fourth-order valence-corrected chi connectivity index (χ4v) is 4.06. The second-order valence-electron chi connectivity index (χ2n) is 7.40. The minimum atomic E-state index is -1.37. The number of ether oxygens (including phenoxy) is 1. The maximum Gasteiger partial charge on any atom is 0.268 e. The number of primary amides is 1. The zero-order valence-electron chi connectivity index (χ0n) is 15.1. The van der Waals surface area contributed by atoms with Crippen molar-refractivity contribution >= 4 is 12.0 Å². The van der Waals surface area contributed by atoms with Gasteiger partial charge in [0.1, 0.15) is 22.9 Å². The number of carbonyl (C=O) groups is 1. The van der Waals surface area contributed by atoms with Crippen LogP contribution < -0.4 is 5.73 Å². The number of amides is 1. The molecule has 1 aliphatic heterocycles. The Labute approximate surface area is 156 Å². The van der Waals surface area contributed by atoms with Gasteiger partial charge < -0.3 is 20.1 Å². The van der Waals surface area contributed by atoms with E-state index in [0.29, 0.717) is 17.0 Å². The zero-order valence-corrected chi connectivity index (χ0v) is 15.1. The summed E-state index contributed by atoms with van der Waals surface area (Å²) >= 11 is 0. The Morgan fingerprint density at radius 2 is 2.37 bits per heavy atom. The molecule has 0 saturated heterocycles. The van der Waals surface area contributed by atoms with E-state index in [-0.39, 0.29) is 30.1 Å². The van der Waals surface area contributed by atoms with E-state index in [2.05, 4.69) is 16.8 Å². The topological polar surface area (TPSA) is 90.4 Å². The Morgan fingerprint density at radius 3 is 3.07 bits per heavy atom. The second kappa shape index (κ2) is 6.19. The third kappa shape index (κ3) is 3.01. The highest BCUT2D eigenvalue weighted by Gasteiger charge is 2.40. The summed E-state index contributed by atoms with van der Waals surface area (Å²) in [6.45, 7) is 1.56. The van der Waals surface area contributed by atoms with Crippen LogP contribution in [-0.2, 0) is 4.74 Å². The summed E-state index contributed by atoms with van der Waals surface area (Å²) in [5.74, 6) is 5.38. The van der Waals surface area contributed by atoms with Crippen molar-refractivity contribution in [3.8, 4) is 11.8 Å². The Kier molecular flexibility index (Phi) is 4.06. The SMILES string of the molecule is COCC(C)(O)C#CC1=Cc2nc(C(N)=O)cn2[C@@H]2CC3C=C(F)C1=C2C3. The van der Waals surface area contributed by atoms with Crippen molar-refractivity contribution in [2.24, 2.45) is 11.7 Å². The molecule has 0 aromatic carbocycles. The van der Waals surface area contributed by atoms with Crippen molar-refractivity contribution in [3.63, 3.8) is 0 Å². The average molecular weight is 369 g/mol. The van der Waals surface area contributed by atoms with Gasteiger partial charge in [-0.1, -0.05) is 11.8 Å². The van der Waals surface area contributed by atoms with Gasteiger partial charge in [0.15, 0.2) is 0 Å². The first kappa shape index (κ1) is 17.7. The van der Waals surface area contributed by atoms with Crippen LogP contribution in [0.2, 0.25) is 0 Å². The number of aromatic nitrogens is 2. The number of carbonyl (C=O) groups excluding carboxylic acids is 1. The van der Waals surface area contributed by atoms with E-state index in [1.54, 1.807) is 18.3 Å². The molecule has 0 spiro atoms. The molecular formula is C20H20FN3O3.